The number of ketones is 1. The first-order valence-electron chi connectivity index (χ1n) is 4.82. The second kappa shape index (κ2) is 3.81. The second-order valence-electron chi connectivity index (χ2n) is 3.61. The van der Waals surface area contributed by atoms with E-state index in [-0.39, 0.29) is 11.5 Å². The van der Waals surface area contributed by atoms with E-state index < -0.39 is 12.8 Å². The minimum Gasteiger partial charge on any atom is -0.484 e. The number of carbonyl (C=O) groups excluding carboxylic acids is 1. The largest absolute Gasteiger partial charge is 0.484 e. The normalized spacial score (nSPS) is 15.1. The van der Waals surface area contributed by atoms with Gasteiger partial charge in [-0.1, -0.05) is 12.1 Å². The SMILES string of the molecule is O=C1CCc2c(OCC(F)(F)F)cccc21. The van der Waals surface area contributed by atoms with E-state index in [1.54, 1.807) is 6.07 Å². The van der Waals surface area contributed by atoms with Gasteiger partial charge in [-0.2, -0.15) is 13.2 Å². The zero-order chi connectivity index (χ0) is 11.8. The molecule has 0 saturated carbocycles. The maximum absolute atomic E-state index is 12.0. The smallest absolute Gasteiger partial charge is 0.422 e. The maximum atomic E-state index is 12.0. The highest BCUT2D eigenvalue weighted by molar-refractivity contribution is 6.01. The van der Waals surface area contributed by atoms with E-state index in [0.717, 1.165) is 0 Å². The van der Waals surface area contributed by atoms with Crippen LogP contribution >= 0.6 is 0 Å². The van der Waals surface area contributed by atoms with Crippen LogP contribution in [-0.2, 0) is 6.42 Å². The number of ether oxygens (including phenoxy) is 1. The van der Waals surface area contributed by atoms with E-state index in [9.17, 15) is 18.0 Å². The molecule has 86 valence electrons. The fourth-order valence-electron chi connectivity index (χ4n) is 1.75. The van der Waals surface area contributed by atoms with Crippen molar-refractivity contribution in [3.63, 3.8) is 0 Å². The van der Waals surface area contributed by atoms with Gasteiger partial charge in [0, 0.05) is 17.5 Å². The molecule has 16 heavy (non-hydrogen) atoms. The van der Waals surface area contributed by atoms with Crippen molar-refractivity contribution in [2.75, 3.05) is 6.61 Å². The van der Waals surface area contributed by atoms with Crippen molar-refractivity contribution in [1.29, 1.82) is 0 Å². The molecule has 0 heterocycles. The molecule has 5 heteroatoms. The summed E-state index contributed by atoms with van der Waals surface area (Å²) in [5.74, 6) is 0.133. The Bertz CT molecular complexity index is 424. The number of benzene rings is 1. The molecule has 2 rings (SSSR count). The molecule has 1 aliphatic rings. The molecule has 1 aromatic rings. The molecule has 0 aromatic heterocycles. The van der Waals surface area contributed by atoms with E-state index in [0.29, 0.717) is 24.0 Å². The molecule has 1 aromatic carbocycles. The van der Waals surface area contributed by atoms with Crippen LogP contribution in [0.4, 0.5) is 13.2 Å². The third-order valence-corrected chi connectivity index (χ3v) is 2.43. The number of Topliss-reactive ketones (excluding diaryl/α,β-unsaturated/α-hetero) is 1. The van der Waals surface area contributed by atoms with Gasteiger partial charge in [-0.05, 0) is 12.5 Å². The molecule has 0 amide bonds. The molecule has 0 bridgehead atoms. The Hall–Kier alpha value is -1.52. The fourth-order valence-corrected chi connectivity index (χ4v) is 1.75. The predicted molar refractivity (Wildman–Crippen MR) is 50.6 cm³/mol. The molecule has 0 spiro atoms. The van der Waals surface area contributed by atoms with Gasteiger partial charge >= 0.3 is 6.18 Å². The van der Waals surface area contributed by atoms with E-state index in [4.69, 9.17) is 0 Å². The zero-order valence-corrected chi connectivity index (χ0v) is 8.30. The van der Waals surface area contributed by atoms with Crippen molar-refractivity contribution in [2.45, 2.75) is 19.0 Å². The van der Waals surface area contributed by atoms with Crippen LogP contribution in [-0.4, -0.2) is 18.6 Å². The predicted octanol–water partition coefficient (Wildman–Crippen LogP) is 2.76. The first-order valence-corrected chi connectivity index (χ1v) is 4.82. The van der Waals surface area contributed by atoms with Crippen molar-refractivity contribution < 1.29 is 22.7 Å². The highest BCUT2D eigenvalue weighted by atomic mass is 19.4. The van der Waals surface area contributed by atoms with Gasteiger partial charge in [0.1, 0.15) is 5.75 Å². The summed E-state index contributed by atoms with van der Waals surface area (Å²) in [4.78, 5) is 11.3. The molecular weight excluding hydrogens is 221 g/mol. The molecule has 0 radical (unpaired) electrons. The summed E-state index contributed by atoms with van der Waals surface area (Å²) in [7, 11) is 0. The van der Waals surface area contributed by atoms with Gasteiger partial charge in [-0.3, -0.25) is 4.79 Å². The van der Waals surface area contributed by atoms with Gasteiger partial charge in [0.25, 0.3) is 0 Å². The number of hydrogen-bond donors (Lipinski definition) is 0. The van der Waals surface area contributed by atoms with Gasteiger partial charge < -0.3 is 4.74 Å². The number of fused-ring (bicyclic) bond motifs is 1. The van der Waals surface area contributed by atoms with Gasteiger partial charge in [0.2, 0.25) is 0 Å². The van der Waals surface area contributed by atoms with Crippen molar-refractivity contribution in [3.05, 3.63) is 29.3 Å². The molecule has 0 aliphatic heterocycles. The third kappa shape index (κ3) is 2.18. The van der Waals surface area contributed by atoms with E-state index in [1.807, 2.05) is 0 Å². The number of hydrogen-bond acceptors (Lipinski definition) is 2. The van der Waals surface area contributed by atoms with Gasteiger partial charge in [0.05, 0.1) is 0 Å². The highest BCUT2D eigenvalue weighted by Gasteiger charge is 2.30. The Morgan fingerprint density at radius 3 is 2.69 bits per heavy atom. The minimum atomic E-state index is -4.36. The summed E-state index contributed by atoms with van der Waals surface area (Å²) in [6.07, 6.45) is -3.55. The molecule has 2 nitrogen and oxygen atoms in total. The fraction of sp³-hybridized carbons (Fsp3) is 0.364. The molecular formula is C11H9F3O2. The summed E-state index contributed by atoms with van der Waals surface area (Å²) >= 11 is 0. The Morgan fingerprint density at radius 2 is 2.00 bits per heavy atom. The lowest BCUT2D eigenvalue weighted by Gasteiger charge is -2.11. The van der Waals surface area contributed by atoms with Crippen molar-refractivity contribution in [2.24, 2.45) is 0 Å². The molecule has 1 aliphatic carbocycles. The molecule has 0 atom stereocenters. The summed E-state index contributed by atoms with van der Waals surface area (Å²) in [6.45, 7) is -1.32. The van der Waals surface area contributed by atoms with Gasteiger partial charge in [-0.25, -0.2) is 0 Å². The lowest BCUT2D eigenvalue weighted by Crippen LogP contribution is -2.19. The van der Waals surface area contributed by atoms with Crippen LogP contribution in [0, 0.1) is 0 Å². The first-order chi connectivity index (χ1) is 7.47. The van der Waals surface area contributed by atoms with Crippen molar-refractivity contribution in [1.82, 2.24) is 0 Å². The van der Waals surface area contributed by atoms with Crippen molar-refractivity contribution in [3.8, 4) is 5.75 Å². The topological polar surface area (TPSA) is 26.3 Å². The maximum Gasteiger partial charge on any atom is 0.422 e. The van der Waals surface area contributed by atoms with Crippen molar-refractivity contribution >= 4 is 5.78 Å². The zero-order valence-electron chi connectivity index (χ0n) is 8.30. The standard InChI is InChI=1S/C11H9F3O2/c12-11(13,14)6-16-10-3-1-2-7-8(10)4-5-9(7)15/h1-3H,4-6H2. The Balaban J connectivity index is 2.20. The second-order valence-corrected chi connectivity index (χ2v) is 3.61. The average Bonchev–Trinajstić information content (AvgIpc) is 2.57. The molecule has 0 N–H and O–H groups in total. The quantitative estimate of drug-likeness (QED) is 0.780. The Morgan fingerprint density at radius 1 is 1.25 bits per heavy atom. The number of carbonyl (C=O) groups is 1. The summed E-state index contributed by atoms with van der Waals surface area (Å²) in [5.41, 5.74) is 1.08. The van der Waals surface area contributed by atoms with E-state index >= 15 is 0 Å². The molecule has 0 saturated heterocycles. The summed E-state index contributed by atoms with van der Waals surface area (Å²) in [5, 5.41) is 0. The van der Waals surface area contributed by atoms with Gasteiger partial charge in [-0.15, -0.1) is 0 Å². The molecule has 0 fully saturated rings. The minimum absolute atomic E-state index is 0.0348. The lowest BCUT2D eigenvalue weighted by atomic mass is 10.1. The van der Waals surface area contributed by atoms with E-state index in [2.05, 4.69) is 4.74 Å². The van der Waals surface area contributed by atoms with Crippen LogP contribution in [0.5, 0.6) is 5.75 Å². The van der Waals surface area contributed by atoms with Crippen LogP contribution in [0.1, 0.15) is 22.3 Å². The highest BCUT2D eigenvalue weighted by Crippen LogP contribution is 2.31. The molecule has 0 unspecified atom stereocenters. The van der Waals surface area contributed by atoms with E-state index in [1.165, 1.54) is 12.1 Å². The van der Waals surface area contributed by atoms with Crippen LogP contribution < -0.4 is 4.74 Å². The summed E-state index contributed by atoms with van der Waals surface area (Å²) in [6, 6.07) is 4.61. The first kappa shape index (κ1) is 11.0. The van der Waals surface area contributed by atoms with Crippen LogP contribution in [0.25, 0.3) is 0 Å². The number of halogens is 3. The van der Waals surface area contributed by atoms with Crippen LogP contribution in [0.15, 0.2) is 18.2 Å². The van der Waals surface area contributed by atoms with Crippen LogP contribution in [0.3, 0.4) is 0 Å². The monoisotopic (exact) mass is 230 g/mol. The van der Waals surface area contributed by atoms with Gasteiger partial charge in [0.15, 0.2) is 12.4 Å². The average molecular weight is 230 g/mol. The lowest BCUT2D eigenvalue weighted by molar-refractivity contribution is -0.153. The Kier molecular flexibility index (Phi) is 2.61. The van der Waals surface area contributed by atoms with Crippen LogP contribution in [0.2, 0.25) is 0 Å². The Labute approximate surface area is 90.0 Å². The third-order valence-electron chi connectivity index (χ3n) is 2.43. The number of rotatable bonds is 2. The summed E-state index contributed by atoms with van der Waals surface area (Å²) < 4.78 is 40.6. The number of alkyl halides is 3.